The summed E-state index contributed by atoms with van der Waals surface area (Å²) in [5, 5.41) is 10.8. The van der Waals surface area contributed by atoms with Crippen molar-refractivity contribution in [2.24, 2.45) is 0 Å². The van der Waals surface area contributed by atoms with Gasteiger partial charge in [0, 0.05) is 12.1 Å². The quantitative estimate of drug-likeness (QED) is 0.260. The molecule has 6 nitrogen and oxygen atoms in total. The van der Waals surface area contributed by atoms with Crippen LogP contribution in [0.15, 0.2) is 42.5 Å². The van der Waals surface area contributed by atoms with E-state index in [1.165, 1.54) is 24.3 Å². The topological polar surface area (TPSA) is 86.5 Å². The monoisotopic (exact) mass is 351 g/mol. The Kier molecular flexibility index (Phi) is 5.61. The van der Waals surface area contributed by atoms with Crippen molar-refractivity contribution in [2.75, 3.05) is 6.61 Å². The Morgan fingerprint density at radius 2 is 2.00 bits per heavy atom. The maximum atomic E-state index is 11.7. The molecule has 0 saturated carbocycles. The van der Waals surface area contributed by atoms with Gasteiger partial charge in [-0.1, -0.05) is 23.7 Å². The number of para-hydroxylation sites is 1. The molecule has 1 aromatic carbocycles. The maximum Gasteiger partial charge on any atom is 0.331 e. The highest BCUT2D eigenvalue weighted by Gasteiger charge is 2.12. The molecule has 0 unspecified atom stereocenters. The van der Waals surface area contributed by atoms with Crippen LogP contribution in [-0.4, -0.2) is 23.3 Å². The summed E-state index contributed by atoms with van der Waals surface area (Å²) in [5.41, 5.74) is 0.145. The van der Waals surface area contributed by atoms with E-state index in [2.05, 4.69) is 0 Å². The van der Waals surface area contributed by atoms with Gasteiger partial charge in [0.1, 0.15) is 0 Å². The number of carbonyl (C=O) groups excluding carboxylic acids is 2. The second-order valence-electron chi connectivity index (χ2n) is 4.28. The third-order valence-electron chi connectivity index (χ3n) is 2.73. The van der Waals surface area contributed by atoms with Gasteiger partial charge >= 0.3 is 5.97 Å². The molecule has 23 heavy (non-hydrogen) atoms. The minimum Gasteiger partial charge on any atom is -0.454 e. The van der Waals surface area contributed by atoms with Crippen LogP contribution in [0.25, 0.3) is 6.08 Å². The van der Waals surface area contributed by atoms with Crippen molar-refractivity contribution in [3.05, 3.63) is 67.4 Å². The fourth-order valence-corrected chi connectivity index (χ4v) is 2.64. The van der Waals surface area contributed by atoms with Gasteiger partial charge in [-0.05, 0) is 24.3 Å². The number of thiophene rings is 1. The normalized spacial score (nSPS) is 10.7. The van der Waals surface area contributed by atoms with Crippen LogP contribution in [0, 0.1) is 10.1 Å². The zero-order chi connectivity index (χ0) is 16.8. The summed E-state index contributed by atoms with van der Waals surface area (Å²) in [5.74, 6) is -1.13. The highest BCUT2D eigenvalue weighted by atomic mass is 35.5. The van der Waals surface area contributed by atoms with E-state index in [-0.39, 0.29) is 17.0 Å². The van der Waals surface area contributed by atoms with E-state index in [0.717, 1.165) is 17.4 Å². The van der Waals surface area contributed by atoms with Crippen molar-refractivity contribution < 1.29 is 19.2 Å². The Morgan fingerprint density at radius 1 is 1.26 bits per heavy atom. The molecule has 1 aromatic heterocycles. The van der Waals surface area contributed by atoms with E-state index >= 15 is 0 Å². The van der Waals surface area contributed by atoms with Gasteiger partial charge < -0.3 is 4.74 Å². The number of benzene rings is 1. The largest absolute Gasteiger partial charge is 0.454 e. The molecule has 0 N–H and O–H groups in total. The molecule has 0 aliphatic carbocycles. The summed E-state index contributed by atoms with van der Waals surface area (Å²) in [6.45, 7) is -0.420. The first kappa shape index (κ1) is 16.9. The molecule has 0 fully saturated rings. The first-order valence-electron chi connectivity index (χ1n) is 6.34. The fraction of sp³-hybridized carbons (Fsp3) is 0.0667. The first-order valence-corrected chi connectivity index (χ1v) is 7.53. The van der Waals surface area contributed by atoms with E-state index in [9.17, 15) is 19.7 Å². The summed E-state index contributed by atoms with van der Waals surface area (Å²) in [7, 11) is 0. The Labute approximate surface area is 140 Å². The Balaban J connectivity index is 1.95. The lowest BCUT2D eigenvalue weighted by molar-refractivity contribution is -0.385. The number of Topliss-reactive ketones (excluding diaryl/α,β-unsaturated/α-hetero) is 1. The molecule has 0 amide bonds. The number of halogens is 1. The maximum absolute atomic E-state index is 11.7. The lowest BCUT2D eigenvalue weighted by Gasteiger charge is -2.00. The molecule has 2 aromatic rings. The van der Waals surface area contributed by atoms with E-state index < -0.39 is 17.5 Å². The molecule has 0 saturated heterocycles. The highest BCUT2D eigenvalue weighted by molar-refractivity contribution is 7.18. The average molecular weight is 352 g/mol. The van der Waals surface area contributed by atoms with Crippen LogP contribution in [0.2, 0.25) is 4.34 Å². The van der Waals surface area contributed by atoms with Gasteiger partial charge in [0.2, 0.25) is 5.78 Å². The van der Waals surface area contributed by atoms with Gasteiger partial charge in [-0.3, -0.25) is 14.9 Å². The van der Waals surface area contributed by atoms with Crippen molar-refractivity contribution in [2.45, 2.75) is 0 Å². The molecule has 8 heteroatoms. The molecule has 0 bridgehead atoms. The Morgan fingerprint density at radius 3 is 2.65 bits per heavy atom. The van der Waals surface area contributed by atoms with Crippen LogP contribution in [-0.2, 0) is 9.53 Å². The van der Waals surface area contributed by atoms with Crippen molar-refractivity contribution in [1.82, 2.24) is 0 Å². The van der Waals surface area contributed by atoms with Crippen LogP contribution in [0.3, 0.4) is 0 Å². The molecular weight excluding hydrogens is 342 g/mol. The number of nitrogens with zero attached hydrogens (tertiary/aromatic N) is 1. The third kappa shape index (κ3) is 4.73. The summed E-state index contributed by atoms with van der Waals surface area (Å²) >= 11 is 6.81. The summed E-state index contributed by atoms with van der Waals surface area (Å²) in [4.78, 5) is 34.0. The molecule has 0 atom stereocenters. The van der Waals surface area contributed by atoms with E-state index in [0.29, 0.717) is 9.21 Å². The van der Waals surface area contributed by atoms with Crippen molar-refractivity contribution >= 4 is 46.5 Å². The second-order valence-corrected chi connectivity index (χ2v) is 6.00. The Hall–Kier alpha value is -2.51. The van der Waals surface area contributed by atoms with E-state index in [1.54, 1.807) is 18.2 Å². The summed E-state index contributed by atoms with van der Waals surface area (Å²) in [6, 6.07) is 9.10. The van der Waals surface area contributed by atoms with Gasteiger partial charge in [-0.25, -0.2) is 4.79 Å². The number of ketones is 1. The number of carbonyl (C=O) groups is 2. The second kappa shape index (κ2) is 7.66. The number of esters is 1. The zero-order valence-corrected chi connectivity index (χ0v) is 13.2. The molecule has 0 spiro atoms. The van der Waals surface area contributed by atoms with Crippen LogP contribution >= 0.6 is 22.9 Å². The first-order chi connectivity index (χ1) is 11.0. The van der Waals surface area contributed by atoms with Crippen LogP contribution in [0.4, 0.5) is 5.69 Å². The minimum atomic E-state index is -0.765. The number of ether oxygens (including phenoxy) is 1. The van der Waals surface area contributed by atoms with E-state index in [4.69, 9.17) is 16.3 Å². The molecule has 0 aliphatic heterocycles. The predicted molar refractivity (Wildman–Crippen MR) is 86.7 cm³/mol. The molecule has 118 valence electrons. The van der Waals surface area contributed by atoms with Crippen LogP contribution < -0.4 is 0 Å². The van der Waals surface area contributed by atoms with Crippen molar-refractivity contribution in [3.8, 4) is 0 Å². The van der Waals surface area contributed by atoms with Gasteiger partial charge in [0.15, 0.2) is 6.61 Å². The third-order valence-corrected chi connectivity index (χ3v) is 4.00. The summed E-state index contributed by atoms with van der Waals surface area (Å²) in [6.07, 6.45) is 2.31. The molecule has 0 radical (unpaired) electrons. The van der Waals surface area contributed by atoms with Gasteiger partial charge in [0.05, 0.1) is 19.7 Å². The highest BCUT2D eigenvalue weighted by Crippen LogP contribution is 2.22. The van der Waals surface area contributed by atoms with E-state index in [1.807, 2.05) is 0 Å². The number of nitro benzene ring substituents is 1. The molecular formula is C15H10ClNO5S. The number of nitro groups is 1. The zero-order valence-electron chi connectivity index (χ0n) is 11.6. The SMILES string of the molecule is O=C(/C=C/c1ccccc1[N+](=O)[O-])OCC(=O)c1ccc(Cl)s1. The summed E-state index contributed by atoms with van der Waals surface area (Å²) < 4.78 is 5.28. The minimum absolute atomic E-state index is 0.124. The van der Waals surface area contributed by atoms with Crippen molar-refractivity contribution in [3.63, 3.8) is 0 Å². The van der Waals surface area contributed by atoms with Crippen LogP contribution in [0.1, 0.15) is 15.2 Å². The number of rotatable bonds is 6. The standard InChI is InChI=1S/C15H10ClNO5S/c16-14-7-6-13(23-14)12(18)9-22-15(19)8-5-10-3-1-2-4-11(10)17(20)21/h1-8H,9H2/b8-5+. The lowest BCUT2D eigenvalue weighted by atomic mass is 10.1. The van der Waals surface area contributed by atoms with Gasteiger partial charge in [0.25, 0.3) is 5.69 Å². The molecule has 1 heterocycles. The van der Waals surface area contributed by atoms with Gasteiger partial charge in [-0.15, -0.1) is 11.3 Å². The fourth-order valence-electron chi connectivity index (χ4n) is 1.67. The average Bonchev–Trinajstić information content (AvgIpc) is 2.97. The molecule has 2 rings (SSSR count). The van der Waals surface area contributed by atoms with Gasteiger partial charge in [-0.2, -0.15) is 0 Å². The smallest absolute Gasteiger partial charge is 0.331 e. The van der Waals surface area contributed by atoms with Crippen molar-refractivity contribution in [1.29, 1.82) is 0 Å². The predicted octanol–water partition coefficient (Wildman–Crippen LogP) is 3.75. The van der Waals surface area contributed by atoms with Crippen LogP contribution in [0.5, 0.6) is 0 Å². The lowest BCUT2D eigenvalue weighted by Crippen LogP contribution is -2.11. The number of hydrogen-bond acceptors (Lipinski definition) is 6. The molecule has 0 aliphatic rings. The number of hydrogen-bond donors (Lipinski definition) is 0. The Bertz CT molecular complexity index is 784.